The first-order valence-corrected chi connectivity index (χ1v) is 6.64. The molecule has 1 aromatic carbocycles. The Hall–Kier alpha value is -1.32. The first-order valence-electron chi connectivity index (χ1n) is 6.27. The van der Waals surface area contributed by atoms with E-state index in [1.165, 1.54) is 18.4 Å². The van der Waals surface area contributed by atoms with Gasteiger partial charge in [-0.2, -0.15) is 5.10 Å². The summed E-state index contributed by atoms with van der Waals surface area (Å²) in [4.78, 5) is 0. The molecule has 3 nitrogen and oxygen atoms in total. The van der Waals surface area contributed by atoms with Crippen LogP contribution in [0.15, 0.2) is 30.5 Å². The Balaban J connectivity index is 1.91. The van der Waals surface area contributed by atoms with Crippen LogP contribution < -0.4 is 5.32 Å². The van der Waals surface area contributed by atoms with Crippen LogP contribution in [0.3, 0.4) is 0 Å². The van der Waals surface area contributed by atoms with E-state index in [1.54, 1.807) is 0 Å². The van der Waals surface area contributed by atoms with E-state index in [0.717, 1.165) is 22.9 Å². The molecule has 18 heavy (non-hydrogen) atoms. The molecule has 0 radical (unpaired) electrons. The van der Waals surface area contributed by atoms with Crippen molar-refractivity contribution in [3.8, 4) is 5.69 Å². The summed E-state index contributed by atoms with van der Waals surface area (Å²) < 4.78 is 1.91. The van der Waals surface area contributed by atoms with Crippen LogP contribution in [0, 0.1) is 6.92 Å². The molecule has 1 aliphatic carbocycles. The number of hydrogen-bond acceptors (Lipinski definition) is 2. The third-order valence-electron chi connectivity index (χ3n) is 3.17. The van der Waals surface area contributed by atoms with Gasteiger partial charge in [0, 0.05) is 23.8 Å². The van der Waals surface area contributed by atoms with Gasteiger partial charge in [0.05, 0.1) is 11.4 Å². The molecule has 0 amide bonds. The lowest BCUT2D eigenvalue weighted by Crippen LogP contribution is -2.17. The smallest absolute Gasteiger partial charge is 0.0691 e. The van der Waals surface area contributed by atoms with Gasteiger partial charge in [0.2, 0.25) is 0 Å². The van der Waals surface area contributed by atoms with Gasteiger partial charge in [-0.1, -0.05) is 11.6 Å². The summed E-state index contributed by atoms with van der Waals surface area (Å²) in [5.74, 6) is 0. The number of halogens is 1. The van der Waals surface area contributed by atoms with Crippen LogP contribution in [-0.2, 0) is 6.54 Å². The fraction of sp³-hybridized carbons (Fsp3) is 0.357. The quantitative estimate of drug-likeness (QED) is 0.917. The molecule has 1 aliphatic rings. The molecular formula is C14H16ClN3. The number of hydrogen-bond donors (Lipinski definition) is 1. The molecule has 1 heterocycles. The van der Waals surface area contributed by atoms with Crippen molar-refractivity contribution in [3.63, 3.8) is 0 Å². The minimum absolute atomic E-state index is 0.691. The Kier molecular flexibility index (Phi) is 3.10. The normalized spacial score (nSPS) is 15.0. The largest absolute Gasteiger partial charge is 0.310 e. The number of benzene rings is 1. The maximum Gasteiger partial charge on any atom is 0.0691 e. The molecule has 0 unspecified atom stereocenters. The average Bonchev–Trinajstić information content (AvgIpc) is 3.08. The molecule has 3 rings (SSSR count). The van der Waals surface area contributed by atoms with E-state index >= 15 is 0 Å². The van der Waals surface area contributed by atoms with E-state index in [-0.39, 0.29) is 0 Å². The molecule has 0 saturated heterocycles. The maximum atomic E-state index is 6.08. The van der Waals surface area contributed by atoms with Crippen LogP contribution in [0.1, 0.15) is 24.1 Å². The average molecular weight is 262 g/mol. The fourth-order valence-electron chi connectivity index (χ4n) is 2.01. The second kappa shape index (κ2) is 4.75. The third kappa shape index (κ3) is 2.57. The highest BCUT2D eigenvalue weighted by Gasteiger charge is 2.20. The molecule has 1 fully saturated rings. The van der Waals surface area contributed by atoms with E-state index in [1.807, 2.05) is 42.1 Å². The van der Waals surface area contributed by atoms with Crippen molar-refractivity contribution in [1.29, 1.82) is 0 Å². The molecule has 0 aliphatic heterocycles. The number of aromatic nitrogens is 2. The Morgan fingerprint density at radius 2 is 2.22 bits per heavy atom. The molecule has 0 spiro atoms. The number of aryl methyl sites for hydroxylation is 1. The summed E-state index contributed by atoms with van der Waals surface area (Å²) in [7, 11) is 0. The lowest BCUT2D eigenvalue weighted by Gasteiger charge is -2.11. The van der Waals surface area contributed by atoms with E-state index in [2.05, 4.69) is 10.4 Å². The van der Waals surface area contributed by atoms with Gasteiger partial charge < -0.3 is 5.32 Å². The lowest BCUT2D eigenvalue weighted by atomic mass is 10.1. The van der Waals surface area contributed by atoms with Gasteiger partial charge in [-0.05, 0) is 49.6 Å². The molecule has 94 valence electrons. The maximum absolute atomic E-state index is 6.08. The van der Waals surface area contributed by atoms with Gasteiger partial charge in [-0.15, -0.1) is 0 Å². The van der Waals surface area contributed by atoms with Gasteiger partial charge in [0.1, 0.15) is 0 Å². The van der Waals surface area contributed by atoms with Crippen LogP contribution in [0.25, 0.3) is 5.69 Å². The summed E-state index contributed by atoms with van der Waals surface area (Å²) in [5, 5.41) is 8.75. The SMILES string of the molecule is Cc1ccn(-c2ccc(Cl)cc2CNC2CC2)n1. The summed E-state index contributed by atoms with van der Waals surface area (Å²) in [6.07, 6.45) is 4.56. The Morgan fingerprint density at radius 3 is 2.89 bits per heavy atom. The van der Waals surface area contributed by atoms with E-state index in [4.69, 9.17) is 11.6 Å². The van der Waals surface area contributed by atoms with Gasteiger partial charge in [0.25, 0.3) is 0 Å². The van der Waals surface area contributed by atoms with Crippen molar-refractivity contribution < 1.29 is 0 Å². The molecule has 1 aromatic heterocycles. The standard InChI is InChI=1S/C14H16ClN3/c1-10-6-7-18(17-10)14-5-2-12(15)8-11(14)9-16-13-3-4-13/h2,5-8,13,16H,3-4,9H2,1H3. The molecule has 0 atom stereocenters. The number of nitrogens with zero attached hydrogens (tertiary/aromatic N) is 2. The third-order valence-corrected chi connectivity index (χ3v) is 3.40. The van der Waals surface area contributed by atoms with Gasteiger partial charge in [0.15, 0.2) is 0 Å². The predicted octanol–water partition coefficient (Wildman–Crippen LogP) is 3.09. The van der Waals surface area contributed by atoms with Crippen molar-refractivity contribution in [1.82, 2.24) is 15.1 Å². The zero-order chi connectivity index (χ0) is 12.5. The minimum atomic E-state index is 0.691. The van der Waals surface area contributed by atoms with Crippen molar-refractivity contribution in [2.45, 2.75) is 32.4 Å². The highest BCUT2D eigenvalue weighted by Crippen LogP contribution is 2.23. The lowest BCUT2D eigenvalue weighted by molar-refractivity contribution is 0.681. The van der Waals surface area contributed by atoms with Crippen LogP contribution in [0.5, 0.6) is 0 Å². The zero-order valence-electron chi connectivity index (χ0n) is 10.4. The number of rotatable bonds is 4. The van der Waals surface area contributed by atoms with E-state index in [9.17, 15) is 0 Å². The molecular weight excluding hydrogens is 246 g/mol. The highest BCUT2D eigenvalue weighted by molar-refractivity contribution is 6.30. The fourth-order valence-corrected chi connectivity index (χ4v) is 2.20. The van der Waals surface area contributed by atoms with Crippen LogP contribution in [-0.4, -0.2) is 15.8 Å². The van der Waals surface area contributed by atoms with E-state index < -0.39 is 0 Å². The summed E-state index contributed by atoms with van der Waals surface area (Å²) in [6.45, 7) is 2.84. The van der Waals surface area contributed by atoms with Crippen LogP contribution >= 0.6 is 11.6 Å². The van der Waals surface area contributed by atoms with Gasteiger partial charge in [-0.25, -0.2) is 4.68 Å². The summed E-state index contributed by atoms with van der Waals surface area (Å²) in [6, 6.07) is 8.65. The summed E-state index contributed by atoms with van der Waals surface area (Å²) in [5.41, 5.74) is 3.31. The minimum Gasteiger partial charge on any atom is -0.310 e. The predicted molar refractivity (Wildman–Crippen MR) is 73.2 cm³/mol. The number of nitrogens with one attached hydrogen (secondary N) is 1. The Morgan fingerprint density at radius 1 is 1.39 bits per heavy atom. The first kappa shape index (κ1) is 11.8. The topological polar surface area (TPSA) is 29.9 Å². The Labute approximate surface area is 112 Å². The van der Waals surface area contributed by atoms with Gasteiger partial charge >= 0.3 is 0 Å². The van der Waals surface area contributed by atoms with Crippen LogP contribution in [0.4, 0.5) is 0 Å². The van der Waals surface area contributed by atoms with Crippen molar-refractivity contribution in [2.24, 2.45) is 0 Å². The van der Waals surface area contributed by atoms with Crippen LogP contribution in [0.2, 0.25) is 5.02 Å². The molecule has 4 heteroatoms. The van der Waals surface area contributed by atoms with Gasteiger partial charge in [-0.3, -0.25) is 0 Å². The second-order valence-corrected chi connectivity index (χ2v) is 5.27. The Bertz CT molecular complexity index is 558. The van der Waals surface area contributed by atoms with Crippen molar-refractivity contribution in [3.05, 3.63) is 46.7 Å². The molecule has 0 bridgehead atoms. The molecule has 1 saturated carbocycles. The van der Waals surface area contributed by atoms with Crippen molar-refractivity contribution >= 4 is 11.6 Å². The zero-order valence-corrected chi connectivity index (χ0v) is 11.1. The van der Waals surface area contributed by atoms with E-state index in [0.29, 0.717) is 6.04 Å². The highest BCUT2D eigenvalue weighted by atomic mass is 35.5. The molecule has 1 N–H and O–H groups in total. The molecule has 2 aromatic rings. The van der Waals surface area contributed by atoms with Crippen molar-refractivity contribution in [2.75, 3.05) is 0 Å². The second-order valence-electron chi connectivity index (χ2n) is 4.83. The monoisotopic (exact) mass is 261 g/mol. The summed E-state index contributed by atoms with van der Waals surface area (Å²) >= 11 is 6.08. The first-order chi connectivity index (χ1) is 8.72.